The van der Waals surface area contributed by atoms with Crippen LogP contribution in [0.1, 0.15) is 26.7 Å². The van der Waals surface area contributed by atoms with Crippen LogP contribution < -0.4 is 5.32 Å². The Balaban J connectivity index is 4.95. The van der Waals surface area contributed by atoms with Crippen LogP contribution in [-0.2, 0) is 19.1 Å². The number of terminal acetylenes is 1. The molecule has 1 unspecified atom stereocenters. The van der Waals surface area contributed by atoms with E-state index in [4.69, 9.17) is 11.2 Å². The molecule has 1 N–H and O–H groups in total. The Morgan fingerprint density at radius 1 is 1.56 bits per heavy atom. The Kier molecular flexibility index (Phi) is 5.86. The van der Waals surface area contributed by atoms with Gasteiger partial charge < -0.3 is 14.8 Å². The minimum Gasteiger partial charge on any atom is -0.464 e. The average Bonchev–Trinajstić information content (AvgIpc) is 2.24. The van der Waals surface area contributed by atoms with Gasteiger partial charge in [-0.3, -0.25) is 4.79 Å². The molecule has 0 aromatic heterocycles. The van der Waals surface area contributed by atoms with E-state index in [1.54, 1.807) is 6.92 Å². The van der Waals surface area contributed by atoms with E-state index in [0.29, 0.717) is 6.29 Å². The summed E-state index contributed by atoms with van der Waals surface area (Å²) < 4.78 is 4.78. The number of carbonyl (C=O) groups is 3. The number of carbonyl (C=O) groups excluding carboxylic acids is 3. The second-order valence-electron chi connectivity index (χ2n) is 3.16. The van der Waals surface area contributed by atoms with Crippen molar-refractivity contribution < 1.29 is 19.1 Å². The second kappa shape index (κ2) is 6.62. The van der Waals surface area contributed by atoms with Crippen molar-refractivity contribution in [2.75, 3.05) is 6.61 Å². The normalized spacial score (nSPS) is 13.1. The van der Waals surface area contributed by atoms with E-state index in [-0.39, 0.29) is 19.4 Å². The summed E-state index contributed by atoms with van der Waals surface area (Å²) in [6.07, 6.45) is 5.98. The van der Waals surface area contributed by atoms with Gasteiger partial charge >= 0.3 is 5.97 Å². The number of hydrogen-bond donors (Lipinski definition) is 1. The first-order valence-electron chi connectivity index (χ1n) is 4.89. The Hall–Kier alpha value is -1.83. The van der Waals surface area contributed by atoms with Gasteiger partial charge in [0.05, 0.1) is 6.61 Å². The molecule has 0 aliphatic heterocycles. The highest BCUT2D eigenvalue weighted by Crippen LogP contribution is 2.14. The molecule has 0 spiro atoms. The van der Waals surface area contributed by atoms with Gasteiger partial charge in [0.15, 0.2) is 5.54 Å². The van der Waals surface area contributed by atoms with E-state index in [0.717, 1.165) is 0 Å². The third-order valence-electron chi connectivity index (χ3n) is 1.90. The summed E-state index contributed by atoms with van der Waals surface area (Å²) in [7, 11) is 0. The van der Waals surface area contributed by atoms with E-state index >= 15 is 0 Å². The van der Waals surface area contributed by atoms with Crippen LogP contribution in [0.2, 0.25) is 0 Å². The lowest BCUT2D eigenvalue weighted by atomic mass is 9.94. The van der Waals surface area contributed by atoms with Gasteiger partial charge in [-0.2, -0.15) is 0 Å². The predicted octanol–water partition coefficient (Wildman–Crippen LogP) is 0.0367. The maximum Gasteiger partial charge on any atom is 0.344 e. The van der Waals surface area contributed by atoms with E-state index < -0.39 is 17.4 Å². The molecule has 5 nitrogen and oxygen atoms in total. The molecule has 0 aliphatic carbocycles. The molecule has 0 saturated carbocycles. The van der Waals surface area contributed by atoms with Crippen molar-refractivity contribution in [1.82, 2.24) is 5.32 Å². The SMILES string of the molecule is C#CC(CCC=O)(NC(C)=O)C(=O)OCC. The molecule has 88 valence electrons. The van der Waals surface area contributed by atoms with Gasteiger partial charge in [-0.1, -0.05) is 5.92 Å². The van der Waals surface area contributed by atoms with Crippen LogP contribution in [0, 0.1) is 12.3 Å². The predicted molar refractivity (Wildman–Crippen MR) is 57.3 cm³/mol. The first-order chi connectivity index (χ1) is 7.52. The molecule has 0 aromatic rings. The van der Waals surface area contributed by atoms with E-state index in [9.17, 15) is 14.4 Å². The van der Waals surface area contributed by atoms with E-state index in [1.165, 1.54) is 6.92 Å². The highest BCUT2D eigenvalue weighted by molar-refractivity contribution is 5.90. The van der Waals surface area contributed by atoms with Crippen molar-refractivity contribution in [2.24, 2.45) is 0 Å². The molecule has 0 bridgehead atoms. The summed E-state index contributed by atoms with van der Waals surface area (Å²) in [5, 5.41) is 2.35. The zero-order chi connectivity index (χ0) is 12.6. The number of aldehydes is 1. The van der Waals surface area contributed by atoms with Crippen molar-refractivity contribution in [2.45, 2.75) is 32.2 Å². The fourth-order valence-corrected chi connectivity index (χ4v) is 1.21. The maximum atomic E-state index is 11.6. The summed E-state index contributed by atoms with van der Waals surface area (Å²) in [6, 6.07) is 0. The zero-order valence-electron chi connectivity index (χ0n) is 9.41. The molecule has 0 radical (unpaired) electrons. The molecule has 5 heteroatoms. The molecule has 1 amide bonds. The highest BCUT2D eigenvalue weighted by atomic mass is 16.5. The lowest BCUT2D eigenvalue weighted by molar-refractivity contribution is -0.150. The minimum atomic E-state index is -1.54. The smallest absolute Gasteiger partial charge is 0.344 e. The van der Waals surface area contributed by atoms with E-state index in [1.807, 2.05) is 0 Å². The van der Waals surface area contributed by atoms with Gasteiger partial charge in [0, 0.05) is 13.3 Å². The van der Waals surface area contributed by atoms with Gasteiger partial charge in [0.1, 0.15) is 6.29 Å². The Labute approximate surface area is 94.5 Å². The molecule has 0 aliphatic rings. The standard InChI is InChI=1S/C11H15NO4/c1-4-11(7-6-8-13,12-9(3)14)10(15)16-5-2/h1,8H,5-7H2,2-3H3,(H,12,14). The highest BCUT2D eigenvalue weighted by Gasteiger charge is 2.38. The number of hydrogen-bond acceptors (Lipinski definition) is 4. The summed E-state index contributed by atoms with van der Waals surface area (Å²) in [4.78, 5) is 32.9. The third kappa shape index (κ3) is 3.73. The quantitative estimate of drug-likeness (QED) is 0.393. The van der Waals surface area contributed by atoms with Gasteiger partial charge in [-0.05, 0) is 13.3 Å². The van der Waals surface area contributed by atoms with Crippen LogP contribution in [-0.4, -0.2) is 30.3 Å². The molecule has 1 atom stereocenters. The fourth-order valence-electron chi connectivity index (χ4n) is 1.21. The van der Waals surface area contributed by atoms with Gasteiger partial charge in [-0.15, -0.1) is 6.42 Å². The first kappa shape index (κ1) is 14.2. The largest absolute Gasteiger partial charge is 0.464 e. The summed E-state index contributed by atoms with van der Waals surface area (Å²) in [6.45, 7) is 3.03. The van der Waals surface area contributed by atoms with Gasteiger partial charge in [-0.25, -0.2) is 4.79 Å². The van der Waals surface area contributed by atoms with E-state index in [2.05, 4.69) is 11.2 Å². The zero-order valence-corrected chi connectivity index (χ0v) is 9.41. The molecular formula is C11H15NO4. The number of rotatable bonds is 6. The Morgan fingerprint density at radius 3 is 2.56 bits per heavy atom. The Bertz CT molecular complexity index is 318. The van der Waals surface area contributed by atoms with Crippen LogP contribution >= 0.6 is 0 Å². The molecule has 0 aromatic carbocycles. The molecule has 0 saturated heterocycles. The summed E-state index contributed by atoms with van der Waals surface area (Å²) in [5.74, 6) is 1.04. The Morgan fingerprint density at radius 2 is 2.19 bits per heavy atom. The number of amides is 1. The van der Waals surface area contributed by atoms with Crippen LogP contribution in [0.5, 0.6) is 0 Å². The number of esters is 1. The topological polar surface area (TPSA) is 72.5 Å². The minimum absolute atomic E-state index is 0.0331. The lowest BCUT2D eigenvalue weighted by Crippen LogP contribution is -2.53. The fraction of sp³-hybridized carbons (Fsp3) is 0.545. The van der Waals surface area contributed by atoms with Gasteiger partial charge in [0.25, 0.3) is 0 Å². The maximum absolute atomic E-state index is 11.6. The summed E-state index contributed by atoms with van der Waals surface area (Å²) >= 11 is 0. The van der Waals surface area contributed by atoms with Crippen molar-refractivity contribution in [3.8, 4) is 12.3 Å². The van der Waals surface area contributed by atoms with Gasteiger partial charge in [0.2, 0.25) is 5.91 Å². The molecule has 0 heterocycles. The lowest BCUT2D eigenvalue weighted by Gasteiger charge is -2.25. The molecule has 16 heavy (non-hydrogen) atoms. The van der Waals surface area contributed by atoms with Crippen LogP contribution in [0.15, 0.2) is 0 Å². The third-order valence-corrected chi connectivity index (χ3v) is 1.90. The van der Waals surface area contributed by atoms with Crippen molar-refractivity contribution in [3.05, 3.63) is 0 Å². The molecule has 0 rings (SSSR count). The number of ether oxygens (including phenoxy) is 1. The monoisotopic (exact) mass is 225 g/mol. The first-order valence-corrected chi connectivity index (χ1v) is 4.89. The van der Waals surface area contributed by atoms with Crippen molar-refractivity contribution in [1.29, 1.82) is 0 Å². The molecular weight excluding hydrogens is 210 g/mol. The summed E-state index contributed by atoms with van der Waals surface area (Å²) in [5.41, 5.74) is -1.54. The van der Waals surface area contributed by atoms with Crippen molar-refractivity contribution >= 4 is 18.2 Å². The van der Waals surface area contributed by atoms with Crippen LogP contribution in [0.3, 0.4) is 0 Å². The number of nitrogens with one attached hydrogen (secondary N) is 1. The second-order valence-corrected chi connectivity index (χ2v) is 3.16. The molecule has 0 fully saturated rings. The average molecular weight is 225 g/mol. The van der Waals surface area contributed by atoms with Crippen LogP contribution in [0.25, 0.3) is 0 Å². The van der Waals surface area contributed by atoms with Crippen molar-refractivity contribution in [3.63, 3.8) is 0 Å². The van der Waals surface area contributed by atoms with Crippen LogP contribution in [0.4, 0.5) is 0 Å².